The van der Waals surface area contributed by atoms with Crippen molar-refractivity contribution >= 4 is 16.9 Å². The Kier molecular flexibility index (Phi) is 3.15. The van der Waals surface area contributed by atoms with Gasteiger partial charge in [-0.3, -0.25) is 0 Å². The number of rotatable bonds is 3. The van der Waals surface area contributed by atoms with Gasteiger partial charge in [-0.05, 0) is 32.3 Å². The highest BCUT2D eigenvalue weighted by atomic mass is 16.5. The monoisotopic (exact) mass is 233 g/mol. The molecule has 2 rings (SSSR count). The van der Waals surface area contributed by atoms with E-state index in [9.17, 15) is 4.79 Å². The van der Waals surface area contributed by atoms with E-state index in [0.29, 0.717) is 11.1 Å². The van der Waals surface area contributed by atoms with Crippen LogP contribution in [0.1, 0.15) is 16.1 Å². The summed E-state index contributed by atoms with van der Waals surface area (Å²) < 4.78 is 10.3. The van der Waals surface area contributed by atoms with Crippen LogP contribution in [0, 0.1) is 0 Å². The van der Waals surface area contributed by atoms with Crippen LogP contribution in [0.15, 0.2) is 28.7 Å². The highest BCUT2D eigenvalue weighted by Crippen LogP contribution is 2.21. The molecule has 0 radical (unpaired) electrons. The van der Waals surface area contributed by atoms with E-state index in [4.69, 9.17) is 4.42 Å². The molecule has 1 heterocycles. The third-order valence-corrected chi connectivity index (χ3v) is 2.46. The van der Waals surface area contributed by atoms with E-state index >= 15 is 0 Å². The Morgan fingerprint density at radius 3 is 2.76 bits per heavy atom. The first-order chi connectivity index (χ1) is 8.10. The zero-order chi connectivity index (χ0) is 12.4. The molecule has 0 saturated carbocycles. The lowest BCUT2D eigenvalue weighted by Crippen LogP contribution is -2.09. The summed E-state index contributed by atoms with van der Waals surface area (Å²) in [7, 11) is 5.33. The van der Waals surface area contributed by atoms with Gasteiger partial charge in [-0.15, -0.1) is 0 Å². The van der Waals surface area contributed by atoms with Gasteiger partial charge in [-0.25, -0.2) is 4.79 Å². The van der Waals surface area contributed by atoms with Crippen molar-refractivity contribution in [2.75, 3.05) is 21.2 Å². The Hall–Kier alpha value is -1.81. The second-order valence-electron chi connectivity index (χ2n) is 4.19. The molecule has 0 unspecified atom stereocenters. The molecule has 2 aromatic rings. The minimum Gasteiger partial charge on any atom is -0.465 e. The van der Waals surface area contributed by atoms with Crippen LogP contribution in [0.5, 0.6) is 0 Å². The van der Waals surface area contributed by atoms with Crippen molar-refractivity contribution in [3.63, 3.8) is 0 Å². The molecule has 17 heavy (non-hydrogen) atoms. The van der Waals surface area contributed by atoms with Crippen LogP contribution in [0.2, 0.25) is 0 Å². The minimum absolute atomic E-state index is 0.350. The van der Waals surface area contributed by atoms with Gasteiger partial charge in [0.15, 0.2) is 0 Å². The maximum atomic E-state index is 11.4. The van der Waals surface area contributed by atoms with Crippen LogP contribution in [0.3, 0.4) is 0 Å². The van der Waals surface area contributed by atoms with Gasteiger partial charge in [-0.2, -0.15) is 0 Å². The van der Waals surface area contributed by atoms with Crippen molar-refractivity contribution in [3.8, 4) is 0 Å². The smallest absolute Gasteiger partial charge is 0.337 e. The number of carbonyl (C=O) groups excluding carboxylic acids is 1. The molecule has 0 amide bonds. The Balaban J connectivity index is 2.37. The van der Waals surface area contributed by atoms with Gasteiger partial charge < -0.3 is 14.1 Å². The summed E-state index contributed by atoms with van der Waals surface area (Å²) in [5, 5.41) is 0.995. The number of furan rings is 1. The molecule has 0 N–H and O–H groups in total. The third-order valence-electron chi connectivity index (χ3n) is 2.46. The van der Waals surface area contributed by atoms with Crippen LogP contribution in [-0.2, 0) is 11.3 Å². The van der Waals surface area contributed by atoms with Gasteiger partial charge >= 0.3 is 5.97 Å². The Bertz CT molecular complexity index is 543. The van der Waals surface area contributed by atoms with Crippen molar-refractivity contribution in [2.45, 2.75) is 6.54 Å². The first-order valence-electron chi connectivity index (χ1n) is 5.35. The van der Waals surface area contributed by atoms with Gasteiger partial charge in [-0.1, -0.05) is 6.07 Å². The highest BCUT2D eigenvalue weighted by Gasteiger charge is 2.09. The zero-order valence-corrected chi connectivity index (χ0v) is 10.2. The summed E-state index contributed by atoms with van der Waals surface area (Å²) in [6.45, 7) is 0.738. The molecule has 0 aliphatic carbocycles. The normalized spacial score (nSPS) is 11.1. The zero-order valence-electron chi connectivity index (χ0n) is 10.2. The SMILES string of the molecule is COC(=O)c1ccc2cc(CN(C)C)oc2c1. The lowest BCUT2D eigenvalue weighted by molar-refractivity contribution is 0.0601. The maximum absolute atomic E-state index is 11.4. The van der Waals surface area contributed by atoms with E-state index in [-0.39, 0.29) is 5.97 Å². The lowest BCUT2D eigenvalue weighted by Gasteiger charge is -2.04. The molecular formula is C13H15NO3. The molecule has 90 valence electrons. The Morgan fingerprint density at radius 1 is 1.35 bits per heavy atom. The fraction of sp³-hybridized carbons (Fsp3) is 0.308. The van der Waals surface area contributed by atoms with E-state index < -0.39 is 0 Å². The van der Waals surface area contributed by atoms with E-state index in [1.165, 1.54) is 7.11 Å². The number of benzene rings is 1. The predicted octanol–water partition coefficient (Wildman–Crippen LogP) is 2.28. The molecule has 4 heteroatoms. The fourth-order valence-electron chi connectivity index (χ4n) is 1.72. The molecular weight excluding hydrogens is 218 g/mol. The third kappa shape index (κ3) is 2.47. The highest BCUT2D eigenvalue weighted by molar-refractivity contribution is 5.93. The largest absolute Gasteiger partial charge is 0.465 e. The quantitative estimate of drug-likeness (QED) is 0.763. The van der Waals surface area contributed by atoms with Gasteiger partial charge in [0.1, 0.15) is 11.3 Å². The van der Waals surface area contributed by atoms with E-state index in [1.807, 2.05) is 31.1 Å². The van der Waals surface area contributed by atoms with E-state index in [2.05, 4.69) is 4.74 Å². The second-order valence-corrected chi connectivity index (χ2v) is 4.19. The molecule has 0 aliphatic rings. The van der Waals surface area contributed by atoms with Gasteiger partial charge in [0, 0.05) is 5.39 Å². The van der Waals surface area contributed by atoms with Gasteiger partial charge in [0.25, 0.3) is 0 Å². The van der Waals surface area contributed by atoms with Crippen molar-refractivity contribution < 1.29 is 13.9 Å². The number of nitrogens with zero attached hydrogens (tertiary/aromatic N) is 1. The standard InChI is InChI=1S/C13H15NO3/c1-14(2)8-11-6-9-4-5-10(13(15)16-3)7-12(9)17-11/h4-7H,8H2,1-3H3. The topological polar surface area (TPSA) is 42.7 Å². The van der Waals surface area contributed by atoms with Gasteiger partial charge in [0.2, 0.25) is 0 Å². The average Bonchev–Trinajstić information content (AvgIpc) is 2.67. The summed E-state index contributed by atoms with van der Waals surface area (Å²) in [6, 6.07) is 7.30. The molecule has 4 nitrogen and oxygen atoms in total. The van der Waals surface area contributed by atoms with Crippen LogP contribution < -0.4 is 0 Å². The first-order valence-corrected chi connectivity index (χ1v) is 5.35. The lowest BCUT2D eigenvalue weighted by atomic mass is 10.2. The van der Waals surface area contributed by atoms with Crippen molar-refractivity contribution in [3.05, 3.63) is 35.6 Å². The molecule has 0 atom stereocenters. The van der Waals surface area contributed by atoms with E-state index in [1.54, 1.807) is 12.1 Å². The fourth-order valence-corrected chi connectivity index (χ4v) is 1.72. The van der Waals surface area contributed by atoms with Crippen LogP contribution >= 0.6 is 0 Å². The molecule has 1 aromatic carbocycles. The average molecular weight is 233 g/mol. The van der Waals surface area contributed by atoms with Crippen molar-refractivity contribution in [1.82, 2.24) is 4.90 Å². The summed E-state index contributed by atoms with van der Waals surface area (Å²) >= 11 is 0. The predicted molar refractivity (Wildman–Crippen MR) is 64.9 cm³/mol. The maximum Gasteiger partial charge on any atom is 0.337 e. The van der Waals surface area contributed by atoms with Crippen molar-refractivity contribution in [2.24, 2.45) is 0 Å². The van der Waals surface area contributed by atoms with Gasteiger partial charge in [0.05, 0.1) is 19.2 Å². The van der Waals surface area contributed by atoms with Crippen LogP contribution in [0.25, 0.3) is 11.0 Å². The number of ether oxygens (including phenoxy) is 1. The number of esters is 1. The van der Waals surface area contributed by atoms with Crippen LogP contribution in [-0.4, -0.2) is 32.1 Å². The number of hydrogen-bond acceptors (Lipinski definition) is 4. The summed E-state index contributed by atoms with van der Waals surface area (Å²) in [5.41, 5.74) is 1.22. The van der Waals surface area contributed by atoms with Crippen molar-refractivity contribution in [1.29, 1.82) is 0 Å². The summed E-state index contributed by atoms with van der Waals surface area (Å²) in [6.07, 6.45) is 0. The number of hydrogen-bond donors (Lipinski definition) is 0. The first kappa shape index (κ1) is 11.7. The number of methoxy groups -OCH3 is 1. The number of fused-ring (bicyclic) bond motifs is 1. The molecule has 0 fully saturated rings. The molecule has 0 spiro atoms. The second kappa shape index (κ2) is 4.59. The van der Waals surface area contributed by atoms with Crippen LogP contribution in [0.4, 0.5) is 0 Å². The van der Waals surface area contributed by atoms with E-state index in [0.717, 1.165) is 17.7 Å². The minimum atomic E-state index is -0.350. The summed E-state index contributed by atoms with van der Waals surface area (Å²) in [4.78, 5) is 13.4. The Labute approximate surface area is 99.8 Å². The summed E-state index contributed by atoms with van der Waals surface area (Å²) in [5.74, 6) is 0.532. The molecule has 0 saturated heterocycles. The Morgan fingerprint density at radius 2 is 2.12 bits per heavy atom. The molecule has 0 bridgehead atoms. The molecule has 0 aliphatic heterocycles. The number of carbonyl (C=O) groups is 1. The molecule has 1 aromatic heterocycles.